The van der Waals surface area contributed by atoms with E-state index in [4.69, 9.17) is 10.4 Å². The molecule has 0 saturated carbocycles. The van der Waals surface area contributed by atoms with E-state index in [0.29, 0.717) is 4.51 Å². The normalized spacial score (nSPS) is 20.0. The first-order chi connectivity index (χ1) is 7.29. The molecule has 1 atom stereocenters. The van der Waals surface area contributed by atoms with E-state index in [2.05, 4.69) is 12.1 Å². The number of allylic oxidation sites excluding steroid dienone is 2. The van der Waals surface area contributed by atoms with E-state index in [0.717, 1.165) is 12.0 Å². The Morgan fingerprint density at radius 1 is 1.62 bits per heavy atom. The van der Waals surface area contributed by atoms with E-state index in [1.54, 1.807) is 20.8 Å². The van der Waals surface area contributed by atoms with E-state index in [-0.39, 0.29) is 0 Å². The predicted octanol–water partition coefficient (Wildman–Crippen LogP) is 3.07. The van der Waals surface area contributed by atoms with Gasteiger partial charge in [0.2, 0.25) is 0 Å². The molecule has 4 heteroatoms. The Hall–Kier alpha value is -0.677. The molecule has 0 bridgehead atoms. The standard InChI is InChI=1S/C7H8N.C5H10O2.Zn/c8-6-7-4-2-1-3-5-7;1-5(2,3)4(6)7;/h4-5H,1-3H2;1-3H3,(H,6,7);. The summed E-state index contributed by atoms with van der Waals surface area (Å²) in [6, 6.07) is 2.25. The fourth-order valence-corrected chi connectivity index (χ4v) is 2.23. The van der Waals surface area contributed by atoms with E-state index >= 15 is 0 Å². The van der Waals surface area contributed by atoms with Crippen LogP contribution in [0.4, 0.5) is 0 Å². The van der Waals surface area contributed by atoms with Crippen LogP contribution in [0.3, 0.4) is 0 Å². The molecule has 0 spiro atoms. The predicted molar refractivity (Wildman–Crippen MR) is 58.4 cm³/mol. The number of carboxylic acid groups (broad SMARTS) is 1. The van der Waals surface area contributed by atoms with Gasteiger partial charge in [-0.1, -0.05) is 0 Å². The van der Waals surface area contributed by atoms with Crippen molar-refractivity contribution in [2.24, 2.45) is 5.41 Å². The van der Waals surface area contributed by atoms with Crippen molar-refractivity contribution in [1.82, 2.24) is 0 Å². The van der Waals surface area contributed by atoms with Gasteiger partial charge in [-0.3, -0.25) is 4.79 Å². The number of carbonyl (C=O) groups is 1. The van der Waals surface area contributed by atoms with Crippen molar-refractivity contribution in [2.45, 2.75) is 44.5 Å². The number of hydrogen-bond acceptors (Lipinski definition) is 2. The van der Waals surface area contributed by atoms with Gasteiger partial charge in [-0.05, 0) is 20.8 Å². The topological polar surface area (TPSA) is 61.1 Å². The number of aliphatic carboxylic acids is 1. The molecule has 85 valence electrons. The maximum absolute atomic E-state index is 10.0. The SMILES string of the molecule is CC(C)(C)C(=O)O.N#CC1=CCCC[CH]1[Zn]. The van der Waals surface area contributed by atoms with Crippen molar-refractivity contribution in [1.29, 1.82) is 5.26 Å². The van der Waals surface area contributed by atoms with Crippen molar-refractivity contribution < 1.29 is 28.2 Å². The molecule has 3 nitrogen and oxygen atoms in total. The van der Waals surface area contributed by atoms with Gasteiger partial charge in [0.1, 0.15) is 0 Å². The molecule has 0 aromatic rings. The Morgan fingerprint density at radius 2 is 2.12 bits per heavy atom. The molecule has 0 radical (unpaired) electrons. The summed E-state index contributed by atoms with van der Waals surface area (Å²) >= 11 is 1.25. The molecule has 1 aliphatic carbocycles. The second-order valence-electron chi connectivity index (χ2n) is 4.95. The van der Waals surface area contributed by atoms with Crippen LogP contribution in [0.5, 0.6) is 0 Å². The maximum atomic E-state index is 10.0. The summed E-state index contributed by atoms with van der Waals surface area (Å²) < 4.78 is 0.642. The van der Waals surface area contributed by atoms with Crippen LogP contribution >= 0.6 is 0 Å². The third kappa shape index (κ3) is 6.03. The molecule has 0 saturated heterocycles. The first kappa shape index (κ1) is 15.3. The Kier molecular flexibility index (Phi) is 6.52. The van der Waals surface area contributed by atoms with E-state index in [1.807, 2.05) is 0 Å². The van der Waals surface area contributed by atoms with Crippen molar-refractivity contribution >= 4 is 5.97 Å². The number of hydrogen-bond donors (Lipinski definition) is 1. The second kappa shape index (κ2) is 6.81. The molecule has 0 aromatic carbocycles. The molecule has 0 aliphatic heterocycles. The molecule has 1 rings (SSSR count). The van der Waals surface area contributed by atoms with Gasteiger partial charge in [-0.2, -0.15) is 0 Å². The summed E-state index contributed by atoms with van der Waals surface area (Å²) in [5.74, 6) is -0.757. The van der Waals surface area contributed by atoms with Crippen molar-refractivity contribution in [3.63, 3.8) is 0 Å². The second-order valence-corrected chi connectivity index (χ2v) is 7.02. The van der Waals surface area contributed by atoms with Crippen molar-refractivity contribution in [2.75, 3.05) is 0 Å². The summed E-state index contributed by atoms with van der Waals surface area (Å²) in [5.41, 5.74) is 0.459. The van der Waals surface area contributed by atoms with Gasteiger partial charge in [0.05, 0.1) is 5.41 Å². The summed E-state index contributed by atoms with van der Waals surface area (Å²) in [6.45, 7) is 4.99. The van der Waals surface area contributed by atoms with Crippen LogP contribution in [-0.4, -0.2) is 11.1 Å². The zero-order chi connectivity index (χ0) is 12.8. The zero-order valence-corrected chi connectivity index (χ0v) is 13.3. The van der Waals surface area contributed by atoms with Gasteiger partial charge < -0.3 is 5.11 Å². The van der Waals surface area contributed by atoms with E-state index in [9.17, 15) is 4.79 Å². The number of carboxylic acids is 1. The van der Waals surface area contributed by atoms with Crippen molar-refractivity contribution in [3.8, 4) is 6.07 Å². The van der Waals surface area contributed by atoms with Crippen LogP contribution < -0.4 is 0 Å². The average Bonchev–Trinajstić information content (AvgIpc) is 2.18. The van der Waals surface area contributed by atoms with Crippen LogP contribution in [-0.2, 0) is 23.1 Å². The summed E-state index contributed by atoms with van der Waals surface area (Å²) in [5, 5.41) is 16.8. The fraction of sp³-hybridized carbons (Fsp3) is 0.667. The number of nitriles is 1. The average molecular weight is 274 g/mol. The van der Waals surface area contributed by atoms with Gasteiger partial charge in [0.25, 0.3) is 0 Å². The third-order valence-electron chi connectivity index (χ3n) is 2.33. The molecular formula is C12H18NO2Zn. The minimum absolute atomic E-state index is 0.583. The first-order valence-corrected chi connectivity index (χ1v) is 7.17. The fourth-order valence-electron chi connectivity index (χ4n) is 1.08. The molecule has 1 unspecified atom stereocenters. The summed E-state index contributed by atoms with van der Waals surface area (Å²) in [7, 11) is 0. The van der Waals surface area contributed by atoms with Crippen molar-refractivity contribution in [3.05, 3.63) is 11.6 Å². The van der Waals surface area contributed by atoms with Crippen LogP contribution in [0.1, 0.15) is 40.0 Å². The van der Waals surface area contributed by atoms with E-state index < -0.39 is 11.4 Å². The summed E-state index contributed by atoms with van der Waals surface area (Å²) in [6.07, 6.45) is 5.76. The Bertz CT molecular complexity index is 310. The van der Waals surface area contributed by atoms with Gasteiger partial charge in [-0.15, -0.1) is 0 Å². The quantitative estimate of drug-likeness (QED) is 0.690. The van der Waals surface area contributed by atoms with Crippen LogP contribution in [0.25, 0.3) is 0 Å². The zero-order valence-electron chi connectivity index (χ0n) is 10.3. The van der Waals surface area contributed by atoms with Gasteiger partial charge in [0, 0.05) is 0 Å². The molecule has 0 heterocycles. The molecule has 1 aliphatic rings. The first-order valence-electron chi connectivity index (χ1n) is 5.45. The molecule has 0 aromatic heterocycles. The minimum atomic E-state index is -0.757. The Balaban J connectivity index is 0.000000293. The number of rotatable bonds is 0. The molecular weight excluding hydrogens is 256 g/mol. The van der Waals surface area contributed by atoms with Crippen LogP contribution in [0, 0.1) is 16.7 Å². The monoisotopic (exact) mass is 272 g/mol. The third-order valence-corrected chi connectivity index (χ3v) is 4.11. The molecule has 1 N–H and O–H groups in total. The van der Waals surface area contributed by atoms with Gasteiger partial charge >= 0.3 is 71.0 Å². The summed E-state index contributed by atoms with van der Waals surface area (Å²) in [4.78, 5) is 10.0. The van der Waals surface area contributed by atoms with Gasteiger partial charge in [-0.25, -0.2) is 0 Å². The molecule has 16 heavy (non-hydrogen) atoms. The van der Waals surface area contributed by atoms with Gasteiger partial charge in [0.15, 0.2) is 0 Å². The molecule has 0 amide bonds. The van der Waals surface area contributed by atoms with E-state index in [1.165, 1.54) is 31.1 Å². The van der Waals surface area contributed by atoms with Crippen LogP contribution in [0.2, 0.25) is 4.51 Å². The Morgan fingerprint density at radius 3 is 2.38 bits per heavy atom. The van der Waals surface area contributed by atoms with Crippen LogP contribution in [0.15, 0.2) is 11.6 Å². The Labute approximate surface area is 107 Å². The number of nitrogens with zero attached hydrogens (tertiary/aromatic N) is 1. The molecule has 0 fully saturated rings.